The van der Waals surface area contributed by atoms with Crippen molar-refractivity contribution in [2.45, 2.75) is 0 Å². The van der Waals surface area contributed by atoms with Crippen molar-refractivity contribution in [2.75, 3.05) is 4.90 Å². The van der Waals surface area contributed by atoms with E-state index in [-0.39, 0.29) is 0 Å². The second-order valence-electron chi connectivity index (χ2n) is 12.2. The summed E-state index contributed by atoms with van der Waals surface area (Å²) < 4.78 is 2.39. The van der Waals surface area contributed by atoms with Crippen LogP contribution in [0.5, 0.6) is 0 Å². The van der Waals surface area contributed by atoms with E-state index in [9.17, 15) is 0 Å². The average Bonchev–Trinajstić information content (AvgIpc) is 3.51. The summed E-state index contributed by atoms with van der Waals surface area (Å²) in [5.74, 6) is 0. The minimum Gasteiger partial charge on any atom is -0.309 e. The minimum absolute atomic E-state index is 1.11. The van der Waals surface area contributed by atoms with Crippen LogP contribution in [-0.2, 0) is 0 Å². The number of hydrogen-bond acceptors (Lipinski definition) is 1. The van der Waals surface area contributed by atoms with Crippen LogP contribution < -0.4 is 4.90 Å². The summed E-state index contributed by atoms with van der Waals surface area (Å²) in [5, 5.41) is 4.88. The fraction of sp³-hybridized carbons (Fsp3) is 0. The maximum atomic E-state index is 2.45. The fourth-order valence-electron chi connectivity index (χ4n) is 7.23. The Hall–Kier alpha value is -6.38. The Balaban J connectivity index is 1.34. The molecule has 0 saturated carbocycles. The van der Waals surface area contributed by atoms with Gasteiger partial charge in [0.2, 0.25) is 0 Å². The van der Waals surface area contributed by atoms with Crippen LogP contribution in [0.1, 0.15) is 0 Å². The van der Waals surface area contributed by atoms with Gasteiger partial charge >= 0.3 is 0 Å². The molecule has 9 aromatic rings. The second kappa shape index (κ2) is 11.8. The molecule has 0 radical (unpaired) electrons. The van der Waals surface area contributed by atoms with Gasteiger partial charge in [0.1, 0.15) is 0 Å². The second-order valence-corrected chi connectivity index (χ2v) is 12.2. The zero-order chi connectivity index (χ0) is 31.9. The lowest BCUT2D eigenvalue weighted by Crippen LogP contribution is -2.11. The van der Waals surface area contributed by atoms with E-state index in [0.717, 1.165) is 22.7 Å². The molecule has 226 valence electrons. The van der Waals surface area contributed by atoms with Crippen LogP contribution in [0, 0.1) is 0 Å². The number of benzene rings is 8. The topological polar surface area (TPSA) is 8.17 Å². The molecule has 1 heterocycles. The molecule has 0 atom stereocenters. The normalized spacial score (nSPS) is 11.3. The molecule has 0 bridgehead atoms. The summed E-state index contributed by atoms with van der Waals surface area (Å²) in [5.41, 5.74) is 11.8. The van der Waals surface area contributed by atoms with Crippen LogP contribution in [0.25, 0.3) is 60.5 Å². The summed E-state index contributed by atoms with van der Waals surface area (Å²) in [4.78, 5) is 2.45. The molecule has 0 aliphatic heterocycles. The Morgan fingerprint density at radius 3 is 1.62 bits per heavy atom. The molecule has 1 aromatic heterocycles. The van der Waals surface area contributed by atoms with Gasteiger partial charge in [-0.1, -0.05) is 146 Å². The maximum absolute atomic E-state index is 2.45. The smallest absolute Gasteiger partial charge is 0.0562 e. The predicted octanol–water partition coefficient (Wildman–Crippen LogP) is 12.7. The zero-order valence-electron chi connectivity index (χ0n) is 26.4. The first-order valence-electron chi connectivity index (χ1n) is 16.5. The number of nitrogens with zero attached hydrogens (tertiary/aromatic N) is 2. The van der Waals surface area contributed by atoms with E-state index in [0.29, 0.717) is 0 Å². The number of para-hydroxylation sites is 2. The molecular formula is C46H32N2. The lowest BCUT2D eigenvalue weighted by molar-refractivity contribution is 1.18. The van der Waals surface area contributed by atoms with Crippen molar-refractivity contribution in [1.82, 2.24) is 4.57 Å². The zero-order valence-corrected chi connectivity index (χ0v) is 26.4. The molecular weight excluding hydrogens is 581 g/mol. The lowest BCUT2D eigenvalue weighted by Gasteiger charge is -2.28. The Kier molecular flexibility index (Phi) is 6.84. The first-order valence-corrected chi connectivity index (χ1v) is 16.5. The molecule has 0 aliphatic rings. The van der Waals surface area contributed by atoms with Crippen LogP contribution in [0.15, 0.2) is 194 Å². The Bertz CT molecular complexity index is 2530. The third-order valence-electron chi connectivity index (χ3n) is 9.39. The molecule has 8 aromatic carbocycles. The molecule has 0 N–H and O–H groups in total. The molecule has 2 heteroatoms. The van der Waals surface area contributed by atoms with Crippen molar-refractivity contribution < 1.29 is 0 Å². The number of rotatable bonds is 6. The highest BCUT2D eigenvalue weighted by Gasteiger charge is 2.23. The Morgan fingerprint density at radius 1 is 0.333 bits per heavy atom. The van der Waals surface area contributed by atoms with Crippen molar-refractivity contribution in [3.05, 3.63) is 194 Å². The number of aromatic nitrogens is 1. The van der Waals surface area contributed by atoms with Crippen LogP contribution >= 0.6 is 0 Å². The highest BCUT2D eigenvalue weighted by atomic mass is 15.1. The molecule has 0 unspecified atom stereocenters. The Labute approximate surface area is 280 Å². The van der Waals surface area contributed by atoms with E-state index >= 15 is 0 Å². The lowest BCUT2D eigenvalue weighted by atomic mass is 9.96. The van der Waals surface area contributed by atoms with E-state index < -0.39 is 0 Å². The molecule has 48 heavy (non-hydrogen) atoms. The Morgan fingerprint density at radius 2 is 0.896 bits per heavy atom. The third kappa shape index (κ3) is 4.66. The van der Waals surface area contributed by atoms with Crippen molar-refractivity contribution >= 4 is 49.6 Å². The average molecular weight is 613 g/mol. The fourth-order valence-corrected chi connectivity index (χ4v) is 7.23. The van der Waals surface area contributed by atoms with E-state index in [2.05, 4.69) is 204 Å². The molecule has 9 rings (SSSR count). The quantitative estimate of drug-likeness (QED) is 0.181. The van der Waals surface area contributed by atoms with Crippen LogP contribution in [0.3, 0.4) is 0 Å². The monoisotopic (exact) mass is 612 g/mol. The maximum Gasteiger partial charge on any atom is 0.0562 e. The van der Waals surface area contributed by atoms with Crippen molar-refractivity contribution in [2.24, 2.45) is 0 Å². The van der Waals surface area contributed by atoms with Crippen molar-refractivity contribution in [1.29, 1.82) is 0 Å². The van der Waals surface area contributed by atoms with Gasteiger partial charge < -0.3 is 9.47 Å². The van der Waals surface area contributed by atoms with E-state index in [1.165, 1.54) is 54.8 Å². The minimum atomic E-state index is 1.11. The van der Waals surface area contributed by atoms with Gasteiger partial charge in [0.15, 0.2) is 0 Å². The van der Waals surface area contributed by atoms with Gasteiger partial charge in [-0.2, -0.15) is 0 Å². The van der Waals surface area contributed by atoms with E-state index in [1.807, 2.05) is 0 Å². The largest absolute Gasteiger partial charge is 0.309 e. The van der Waals surface area contributed by atoms with Crippen molar-refractivity contribution in [3.63, 3.8) is 0 Å². The summed E-state index contributed by atoms with van der Waals surface area (Å²) >= 11 is 0. The first kappa shape index (κ1) is 27.9. The van der Waals surface area contributed by atoms with E-state index in [1.54, 1.807) is 0 Å². The number of hydrogen-bond donors (Lipinski definition) is 0. The van der Waals surface area contributed by atoms with Gasteiger partial charge in [0, 0.05) is 27.5 Å². The summed E-state index contributed by atoms with van der Waals surface area (Å²) in [6, 6.07) is 69.9. The molecule has 0 aliphatic carbocycles. The van der Waals surface area contributed by atoms with Crippen LogP contribution in [0.4, 0.5) is 17.1 Å². The van der Waals surface area contributed by atoms with Gasteiger partial charge in [0.25, 0.3) is 0 Å². The van der Waals surface area contributed by atoms with Gasteiger partial charge in [-0.05, 0) is 76.2 Å². The molecule has 0 fully saturated rings. The van der Waals surface area contributed by atoms with Crippen LogP contribution in [-0.4, -0.2) is 4.57 Å². The standard InChI is InChI=1S/C46H32N2/c1-4-15-33(16-5-1)34-27-29-37(30-28-34)48(43-32-31-38(35-17-6-2-7-18-35)39-21-10-11-22-40(39)43)45-26-14-25-44-46(45)41-23-12-13-24-42(41)47(44)36-19-8-3-9-20-36/h1-32H. The van der Waals surface area contributed by atoms with Gasteiger partial charge in [-0.15, -0.1) is 0 Å². The number of anilines is 3. The first-order chi connectivity index (χ1) is 23.8. The molecule has 0 amide bonds. The summed E-state index contributed by atoms with van der Waals surface area (Å²) in [6.45, 7) is 0. The predicted molar refractivity (Wildman–Crippen MR) is 204 cm³/mol. The van der Waals surface area contributed by atoms with E-state index in [4.69, 9.17) is 0 Å². The highest BCUT2D eigenvalue weighted by Crippen LogP contribution is 2.47. The summed E-state index contributed by atoms with van der Waals surface area (Å²) in [7, 11) is 0. The highest BCUT2D eigenvalue weighted by molar-refractivity contribution is 6.18. The molecule has 2 nitrogen and oxygen atoms in total. The van der Waals surface area contributed by atoms with Crippen molar-refractivity contribution in [3.8, 4) is 27.9 Å². The molecule has 0 saturated heterocycles. The molecule has 0 spiro atoms. The van der Waals surface area contributed by atoms with Gasteiger partial charge in [-0.25, -0.2) is 0 Å². The van der Waals surface area contributed by atoms with Gasteiger partial charge in [-0.3, -0.25) is 0 Å². The summed E-state index contributed by atoms with van der Waals surface area (Å²) in [6.07, 6.45) is 0. The number of fused-ring (bicyclic) bond motifs is 4. The van der Waals surface area contributed by atoms with Crippen LogP contribution in [0.2, 0.25) is 0 Å². The third-order valence-corrected chi connectivity index (χ3v) is 9.39. The SMILES string of the molecule is c1ccc(-c2ccc(N(c3ccc(-c4ccccc4)c4ccccc34)c3cccc4c3c3ccccc3n4-c3ccccc3)cc2)cc1. The van der Waals surface area contributed by atoms with Gasteiger partial charge in [0.05, 0.1) is 22.4 Å².